The van der Waals surface area contributed by atoms with Gasteiger partial charge in [0.15, 0.2) is 5.76 Å². The van der Waals surface area contributed by atoms with Crippen molar-refractivity contribution < 1.29 is 14.0 Å². The number of nitrogens with one attached hydrogen (secondary N) is 1. The number of hydrogen-bond acceptors (Lipinski definition) is 4. The van der Waals surface area contributed by atoms with Gasteiger partial charge in [0, 0.05) is 52.4 Å². The van der Waals surface area contributed by atoms with Crippen molar-refractivity contribution in [2.24, 2.45) is 17.3 Å². The highest BCUT2D eigenvalue weighted by Crippen LogP contribution is 2.59. The molecule has 2 bridgehead atoms. The number of fused-ring (bicyclic) bond motifs is 1. The number of piperazine rings is 1. The van der Waals surface area contributed by atoms with E-state index in [1.807, 2.05) is 9.80 Å². The van der Waals surface area contributed by atoms with Gasteiger partial charge in [0.1, 0.15) is 0 Å². The fraction of sp³-hybridized carbons (Fsp3) is 0.733. The number of rotatable bonds is 13. The molecule has 1 saturated carbocycles. The molecule has 1 N–H and O–H groups in total. The van der Waals surface area contributed by atoms with Crippen molar-refractivity contribution in [1.82, 2.24) is 20.0 Å². The van der Waals surface area contributed by atoms with Crippen LogP contribution < -0.4 is 5.32 Å². The van der Waals surface area contributed by atoms with Gasteiger partial charge in [-0.2, -0.15) is 0 Å². The van der Waals surface area contributed by atoms with Crippen LogP contribution in [-0.4, -0.2) is 79.0 Å². The Balaban J connectivity index is 1.26. The van der Waals surface area contributed by atoms with Crippen molar-refractivity contribution in [2.75, 3.05) is 52.4 Å². The van der Waals surface area contributed by atoms with Crippen LogP contribution in [0.25, 0.3) is 0 Å². The van der Waals surface area contributed by atoms with E-state index in [0.717, 1.165) is 51.5 Å². The van der Waals surface area contributed by atoms with Crippen molar-refractivity contribution in [3.8, 4) is 0 Å². The molecule has 0 aromatic carbocycles. The minimum atomic E-state index is -0.0361. The van der Waals surface area contributed by atoms with E-state index in [4.69, 9.17) is 4.42 Å². The number of allylic oxidation sites excluding steroid dienone is 1. The van der Waals surface area contributed by atoms with Crippen LogP contribution in [0.1, 0.15) is 82.7 Å². The topological polar surface area (TPSA) is 69.0 Å². The Bertz CT molecular complexity index is 902. The van der Waals surface area contributed by atoms with E-state index in [2.05, 4.69) is 37.1 Å². The number of urea groups is 1. The zero-order valence-electron chi connectivity index (χ0n) is 23.3. The first-order valence-corrected chi connectivity index (χ1v) is 14.7. The summed E-state index contributed by atoms with van der Waals surface area (Å²) < 4.78 is 5.28. The molecule has 2 heterocycles. The fourth-order valence-electron chi connectivity index (χ4n) is 6.33. The normalized spacial score (nSPS) is 22.8. The zero-order chi connectivity index (χ0) is 26.3. The van der Waals surface area contributed by atoms with Crippen molar-refractivity contribution >= 4 is 11.9 Å². The highest BCUT2D eigenvalue weighted by molar-refractivity contribution is 5.91. The molecule has 4 aliphatic rings. The van der Waals surface area contributed by atoms with E-state index in [-0.39, 0.29) is 11.9 Å². The summed E-state index contributed by atoms with van der Waals surface area (Å²) in [6, 6.07) is 3.55. The smallest absolute Gasteiger partial charge is 0.317 e. The minimum Gasteiger partial charge on any atom is -0.459 e. The third kappa shape index (κ3) is 6.98. The third-order valence-corrected chi connectivity index (χ3v) is 9.13. The van der Waals surface area contributed by atoms with Crippen LogP contribution in [-0.2, 0) is 0 Å². The predicted molar refractivity (Wildman–Crippen MR) is 147 cm³/mol. The fourth-order valence-corrected chi connectivity index (χ4v) is 6.33. The number of carbonyl (C=O) groups excluding carboxylic acids is 2. The number of nitrogens with zero attached hydrogens (tertiary/aromatic N) is 3. The van der Waals surface area contributed by atoms with Gasteiger partial charge in [-0.05, 0) is 48.6 Å². The molecule has 2 unspecified atom stereocenters. The average molecular weight is 513 g/mol. The second-order valence-electron chi connectivity index (χ2n) is 11.9. The van der Waals surface area contributed by atoms with Gasteiger partial charge >= 0.3 is 6.03 Å². The van der Waals surface area contributed by atoms with Gasteiger partial charge in [0.05, 0.1) is 6.26 Å². The zero-order valence-corrected chi connectivity index (χ0v) is 23.3. The maximum atomic E-state index is 13.3. The lowest BCUT2D eigenvalue weighted by Crippen LogP contribution is -2.53. The Labute approximate surface area is 223 Å². The Morgan fingerprint density at radius 1 is 1.11 bits per heavy atom. The first-order valence-electron chi connectivity index (χ1n) is 14.7. The number of amides is 3. The summed E-state index contributed by atoms with van der Waals surface area (Å²) in [6.45, 7) is 13.1. The highest BCUT2D eigenvalue weighted by Gasteiger charge is 2.51. The van der Waals surface area contributed by atoms with Crippen molar-refractivity contribution in [3.63, 3.8) is 0 Å². The van der Waals surface area contributed by atoms with E-state index in [0.29, 0.717) is 36.7 Å². The standard InChI is InChI=1S/C30H48N4O3/c1-4-5-6-7-8-9-14-31-29(36)34(23-24-12-13-25-22-26(24)30(25,2)3)20-17-32-15-18-33(19-16-32)28(35)27-11-10-21-37-27/h10-12,21,25-26H,4-9,13-20,22-23H2,1-3H3,(H,31,36). The minimum absolute atomic E-state index is 0.0361. The Kier molecular flexibility index (Phi) is 9.74. The van der Waals surface area contributed by atoms with E-state index >= 15 is 0 Å². The van der Waals surface area contributed by atoms with Crippen molar-refractivity contribution in [2.45, 2.75) is 72.1 Å². The molecule has 1 aromatic rings. The maximum absolute atomic E-state index is 13.3. The molecule has 7 heteroatoms. The van der Waals surface area contributed by atoms with Gasteiger partial charge in [-0.1, -0.05) is 64.5 Å². The maximum Gasteiger partial charge on any atom is 0.317 e. The van der Waals surface area contributed by atoms with Gasteiger partial charge < -0.3 is 19.5 Å². The monoisotopic (exact) mass is 512 g/mol. The molecule has 1 aromatic heterocycles. The lowest BCUT2D eigenvalue weighted by Gasteiger charge is -2.57. The molecule has 2 fully saturated rings. The molecular weight excluding hydrogens is 464 g/mol. The molecule has 5 rings (SSSR count). The molecule has 0 radical (unpaired) electrons. The summed E-state index contributed by atoms with van der Waals surface area (Å²) in [5, 5.41) is 3.21. The third-order valence-electron chi connectivity index (χ3n) is 9.13. The number of carbonyl (C=O) groups is 2. The summed E-state index contributed by atoms with van der Waals surface area (Å²) in [5.41, 5.74) is 1.82. The Morgan fingerprint density at radius 2 is 1.86 bits per heavy atom. The molecule has 3 amide bonds. The van der Waals surface area contributed by atoms with Crippen LogP contribution in [0.4, 0.5) is 4.79 Å². The first-order chi connectivity index (χ1) is 17.9. The molecule has 1 saturated heterocycles. The molecule has 3 aliphatic carbocycles. The molecule has 0 spiro atoms. The summed E-state index contributed by atoms with van der Waals surface area (Å²) in [6.07, 6.45) is 13.7. The second kappa shape index (κ2) is 13.0. The Morgan fingerprint density at radius 3 is 2.54 bits per heavy atom. The Hall–Kier alpha value is -2.28. The van der Waals surface area contributed by atoms with E-state index in [9.17, 15) is 9.59 Å². The van der Waals surface area contributed by atoms with Gasteiger partial charge in [0.2, 0.25) is 0 Å². The van der Waals surface area contributed by atoms with Gasteiger partial charge in [-0.25, -0.2) is 4.79 Å². The molecule has 206 valence electrons. The van der Waals surface area contributed by atoms with Crippen LogP contribution in [0.5, 0.6) is 0 Å². The van der Waals surface area contributed by atoms with E-state index < -0.39 is 0 Å². The molecule has 1 aliphatic heterocycles. The van der Waals surface area contributed by atoms with Gasteiger partial charge in [0.25, 0.3) is 5.91 Å². The summed E-state index contributed by atoms with van der Waals surface area (Å²) in [4.78, 5) is 32.1. The SMILES string of the molecule is CCCCCCCCNC(=O)N(CCN1CCN(C(=O)c2ccco2)CC1)CC1=CCC2CC1C2(C)C. The van der Waals surface area contributed by atoms with Crippen LogP contribution in [0.15, 0.2) is 34.5 Å². The highest BCUT2D eigenvalue weighted by atomic mass is 16.3. The number of unbranched alkanes of at least 4 members (excludes halogenated alkanes) is 5. The summed E-state index contributed by atoms with van der Waals surface area (Å²) >= 11 is 0. The summed E-state index contributed by atoms with van der Waals surface area (Å²) in [7, 11) is 0. The number of furan rings is 1. The number of hydrogen-bond donors (Lipinski definition) is 1. The largest absolute Gasteiger partial charge is 0.459 e. The van der Waals surface area contributed by atoms with Crippen LogP contribution in [0, 0.1) is 17.3 Å². The molecule has 2 atom stereocenters. The molecular formula is C30H48N4O3. The second-order valence-corrected chi connectivity index (χ2v) is 11.9. The van der Waals surface area contributed by atoms with E-state index in [1.54, 1.807) is 18.4 Å². The predicted octanol–water partition coefficient (Wildman–Crippen LogP) is 5.40. The lowest BCUT2D eigenvalue weighted by atomic mass is 9.49. The average Bonchev–Trinajstić information content (AvgIpc) is 3.45. The van der Waals surface area contributed by atoms with Crippen LogP contribution in [0.2, 0.25) is 0 Å². The van der Waals surface area contributed by atoms with Crippen LogP contribution in [0.3, 0.4) is 0 Å². The quantitative estimate of drug-likeness (QED) is 0.284. The van der Waals surface area contributed by atoms with E-state index in [1.165, 1.54) is 44.1 Å². The van der Waals surface area contributed by atoms with Gasteiger partial charge in [-0.15, -0.1) is 0 Å². The first kappa shape index (κ1) is 27.7. The summed E-state index contributed by atoms with van der Waals surface area (Å²) in [5.74, 6) is 1.78. The molecule has 7 nitrogen and oxygen atoms in total. The van der Waals surface area contributed by atoms with Crippen molar-refractivity contribution in [3.05, 3.63) is 35.8 Å². The van der Waals surface area contributed by atoms with Gasteiger partial charge in [-0.3, -0.25) is 9.69 Å². The lowest BCUT2D eigenvalue weighted by molar-refractivity contribution is -0.00984. The van der Waals surface area contributed by atoms with Crippen molar-refractivity contribution in [1.29, 1.82) is 0 Å². The molecule has 37 heavy (non-hydrogen) atoms. The van der Waals surface area contributed by atoms with Crippen LogP contribution >= 0.6 is 0 Å².